The highest BCUT2D eigenvalue weighted by molar-refractivity contribution is 5.73. The van der Waals surface area contributed by atoms with Crippen LogP contribution in [0.5, 0.6) is 0 Å². The van der Waals surface area contributed by atoms with Crippen LogP contribution in [-0.4, -0.2) is 63.4 Å². The van der Waals surface area contributed by atoms with Gasteiger partial charge in [0.2, 0.25) is 5.91 Å². The van der Waals surface area contributed by atoms with E-state index in [0.29, 0.717) is 19.8 Å². The molecular formula is C11H22N2O3. The lowest BCUT2D eigenvalue weighted by Gasteiger charge is -2.32. The predicted molar refractivity (Wildman–Crippen MR) is 61.3 cm³/mol. The Morgan fingerprint density at radius 2 is 2.31 bits per heavy atom. The molecule has 1 heterocycles. The lowest BCUT2D eigenvalue weighted by molar-refractivity contribution is -0.124. The van der Waals surface area contributed by atoms with E-state index in [1.54, 1.807) is 0 Å². The molecule has 1 saturated heterocycles. The van der Waals surface area contributed by atoms with Crippen LogP contribution >= 0.6 is 0 Å². The number of amides is 1. The molecule has 5 nitrogen and oxygen atoms in total. The quantitative estimate of drug-likeness (QED) is 0.714. The van der Waals surface area contributed by atoms with Crippen LogP contribution in [0.25, 0.3) is 0 Å². The van der Waals surface area contributed by atoms with Crippen molar-refractivity contribution in [1.29, 1.82) is 0 Å². The van der Waals surface area contributed by atoms with Crippen LogP contribution in [0.2, 0.25) is 0 Å². The van der Waals surface area contributed by atoms with Crippen LogP contribution in [0.15, 0.2) is 0 Å². The third-order valence-corrected chi connectivity index (χ3v) is 2.56. The van der Waals surface area contributed by atoms with Crippen LogP contribution in [0.4, 0.5) is 0 Å². The Balaban J connectivity index is 2.31. The summed E-state index contributed by atoms with van der Waals surface area (Å²) < 4.78 is 11.1. The normalized spacial score (nSPS) is 25.8. The van der Waals surface area contributed by atoms with Gasteiger partial charge in [-0.25, -0.2) is 0 Å². The Labute approximate surface area is 97.1 Å². The first-order valence-electron chi connectivity index (χ1n) is 5.71. The topological polar surface area (TPSA) is 50.8 Å². The highest BCUT2D eigenvalue weighted by Crippen LogP contribution is 2.11. The Morgan fingerprint density at radius 1 is 1.56 bits per heavy atom. The molecule has 0 aromatic carbocycles. The molecule has 1 rings (SSSR count). The van der Waals surface area contributed by atoms with E-state index in [-0.39, 0.29) is 18.1 Å². The van der Waals surface area contributed by atoms with Crippen molar-refractivity contribution in [3.8, 4) is 0 Å². The molecule has 0 unspecified atom stereocenters. The van der Waals surface area contributed by atoms with Gasteiger partial charge < -0.3 is 19.7 Å². The van der Waals surface area contributed by atoms with Crippen LogP contribution in [0.1, 0.15) is 13.3 Å². The molecular weight excluding hydrogens is 208 g/mol. The Morgan fingerprint density at radius 3 is 2.94 bits per heavy atom. The van der Waals surface area contributed by atoms with Crippen molar-refractivity contribution in [3.63, 3.8) is 0 Å². The summed E-state index contributed by atoms with van der Waals surface area (Å²) in [7, 11) is 4.01. The molecule has 5 heteroatoms. The van der Waals surface area contributed by atoms with E-state index in [9.17, 15) is 4.79 Å². The van der Waals surface area contributed by atoms with E-state index in [1.807, 2.05) is 14.1 Å². The third kappa shape index (κ3) is 4.92. The van der Waals surface area contributed by atoms with Crippen molar-refractivity contribution in [1.82, 2.24) is 10.2 Å². The predicted octanol–water partition coefficient (Wildman–Crippen LogP) is -0.142. The van der Waals surface area contributed by atoms with Gasteiger partial charge in [0.15, 0.2) is 0 Å². The van der Waals surface area contributed by atoms with E-state index in [1.165, 1.54) is 6.92 Å². The zero-order valence-electron chi connectivity index (χ0n) is 10.4. The van der Waals surface area contributed by atoms with Crippen molar-refractivity contribution < 1.29 is 14.3 Å². The SMILES string of the molecule is CC(=O)N[C@@H]1CCOC[C@H]1OCCN(C)C. The number of carbonyl (C=O) groups is 1. The average molecular weight is 230 g/mol. The maximum absolute atomic E-state index is 11.0. The maximum atomic E-state index is 11.0. The second kappa shape index (κ2) is 6.83. The Bertz CT molecular complexity index is 221. The summed E-state index contributed by atoms with van der Waals surface area (Å²) >= 11 is 0. The number of carbonyl (C=O) groups excluding carboxylic acids is 1. The number of nitrogens with zero attached hydrogens (tertiary/aromatic N) is 1. The molecule has 0 saturated carbocycles. The molecule has 16 heavy (non-hydrogen) atoms. The Kier molecular flexibility index (Phi) is 5.73. The van der Waals surface area contributed by atoms with Crippen LogP contribution in [0, 0.1) is 0 Å². The first-order chi connectivity index (χ1) is 7.59. The summed E-state index contributed by atoms with van der Waals surface area (Å²) in [6.07, 6.45) is 0.809. The van der Waals surface area contributed by atoms with E-state index in [2.05, 4.69) is 10.2 Å². The van der Waals surface area contributed by atoms with Gasteiger partial charge in [0.05, 0.1) is 19.3 Å². The first-order valence-corrected chi connectivity index (χ1v) is 5.71. The van der Waals surface area contributed by atoms with Gasteiger partial charge in [0.1, 0.15) is 6.10 Å². The number of hydrogen-bond acceptors (Lipinski definition) is 4. The molecule has 94 valence electrons. The van der Waals surface area contributed by atoms with Gasteiger partial charge in [0, 0.05) is 20.1 Å². The number of likely N-dealkylation sites (N-methyl/N-ethyl adjacent to an activating group) is 1. The molecule has 0 spiro atoms. The van der Waals surface area contributed by atoms with Crippen molar-refractivity contribution in [2.24, 2.45) is 0 Å². The van der Waals surface area contributed by atoms with E-state index >= 15 is 0 Å². The van der Waals surface area contributed by atoms with E-state index in [4.69, 9.17) is 9.47 Å². The summed E-state index contributed by atoms with van der Waals surface area (Å²) in [5.41, 5.74) is 0. The average Bonchev–Trinajstić information content (AvgIpc) is 2.19. The second-order valence-corrected chi connectivity index (χ2v) is 4.38. The fraction of sp³-hybridized carbons (Fsp3) is 0.909. The summed E-state index contributed by atoms with van der Waals surface area (Å²) in [6.45, 7) is 4.34. The molecule has 1 amide bonds. The van der Waals surface area contributed by atoms with Gasteiger partial charge in [-0.15, -0.1) is 0 Å². The molecule has 0 aromatic heterocycles. The van der Waals surface area contributed by atoms with Gasteiger partial charge in [-0.1, -0.05) is 0 Å². The number of hydrogen-bond donors (Lipinski definition) is 1. The molecule has 0 radical (unpaired) electrons. The minimum absolute atomic E-state index is 0.00638. The summed E-state index contributed by atoms with van der Waals surface area (Å²) in [6, 6.07) is 0.0911. The lowest BCUT2D eigenvalue weighted by Crippen LogP contribution is -2.49. The molecule has 2 atom stereocenters. The zero-order valence-corrected chi connectivity index (χ0v) is 10.4. The van der Waals surface area contributed by atoms with E-state index in [0.717, 1.165) is 13.0 Å². The Hall–Kier alpha value is -0.650. The number of rotatable bonds is 5. The van der Waals surface area contributed by atoms with Crippen molar-refractivity contribution in [3.05, 3.63) is 0 Å². The van der Waals surface area contributed by atoms with Gasteiger partial charge in [0.25, 0.3) is 0 Å². The second-order valence-electron chi connectivity index (χ2n) is 4.38. The highest BCUT2D eigenvalue weighted by Gasteiger charge is 2.26. The zero-order chi connectivity index (χ0) is 12.0. The minimum atomic E-state index is -0.0161. The summed E-state index contributed by atoms with van der Waals surface area (Å²) in [4.78, 5) is 13.1. The number of nitrogens with one attached hydrogen (secondary N) is 1. The molecule has 1 fully saturated rings. The minimum Gasteiger partial charge on any atom is -0.379 e. The highest BCUT2D eigenvalue weighted by atomic mass is 16.5. The van der Waals surface area contributed by atoms with Crippen molar-refractivity contribution >= 4 is 5.91 Å². The summed E-state index contributed by atoms with van der Waals surface area (Å²) in [5.74, 6) is -0.00638. The van der Waals surface area contributed by atoms with Gasteiger partial charge in [-0.05, 0) is 20.5 Å². The lowest BCUT2D eigenvalue weighted by atomic mass is 10.1. The molecule has 0 aliphatic carbocycles. The monoisotopic (exact) mass is 230 g/mol. The molecule has 0 bridgehead atoms. The third-order valence-electron chi connectivity index (χ3n) is 2.56. The van der Waals surface area contributed by atoms with Gasteiger partial charge in [-0.3, -0.25) is 4.79 Å². The van der Waals surface area contributed by atoms with Crippen molar-refractivity contribution in [2.75, 3.05) is 40.5 Å². The molecule has 1 aliphatic heterocycles. The fourth-order valence-electron chi connectivity index (χ4n) is 1.69. The van der Waals surface area contributed by atoms with Crippen LogP contribution < -0.4 is 5.32 Å². The van der Waals surface area contributed by atoms with Crippen LogP contribution in [-0.2, 0) is 14.3 Å². The standard InChI is InChI=1S/C11H22N2O3/c1-9(14)12-10-4-6-15-8-11(10)16-7-5-13(2)3/h10-11H,4-8H2,1-3H3,(H,12,14)/t10-,11-/m1/s1. The van der Waals surface area contributed by atoms with E-state index < -0.39 is 0 Å². The smallest absolute Gasteiger partial charge is 0.217 e. The van der Waals surface area contributed by atoms with Crippen molar-refractivity contribution in [2.45, 2.75) is 25.5 Å². The van der Waals surface area contributed by atoms with Gasteiger partial charge >= 0.3 is 0 Å². The maximum Gasteiger partial charge on any atom is 0.217 e. The van der Waals surface area contributed by atoms with Crippen LogP contribution in [0.3, 0.4) is 0 Å². The molecule has 1 N–H and O–H groups in total. The molecule has 1 aliphatic rings. The fourth-order valence-corrected chi connectivity index (χ4v) is 1.69. The first kappa shape index (κ1) is 13.4. The molecule has 0 aromatic rings. The largest absolute Gasteiger partial charge is 0.379 e. The number of ether oxygens (including phenoxy) is 2. The van der Waals surface area contributed by atoms with Gasteiger partial charge in [-0.2, -0.15) is 0 Å². The summed E-state index contributed by atoms with van der Waals surface area (Å²) in [5, 5.41) is 2.91.